The van der Waals surface area contributed by atoms with E-state index in [1.807, 2.05) is 13.8 Å². The smallest absolute Gasteiger partial charge is 0.314 e. The number of terminal acetylenes is 1. The third kappa shape index (κ3) is 7.85. The topological polar surface area (TPSA) is 78.4 Å². The van der Waals surface area contributed by atoms with Crippen LogP contribution in [0.3, 0.4) is 0 Å². The molecule has 0 bridgehead atoms. The Bertz CT molecular complexity index is 313. The molecule has 0 radical (unpaired) electrons. The molecule has 5 nitrogen and oxygen atoms in total. The fourth-order valence-electron chi connectivity index (χ4n) is 1.24. The molecule has 0 fully saturated rings. The van der Waals surface area contributed by atoms with Crippen LogP contribution >= 0.6 is 11.8 Å². The van der Waals surface area contributed by atoms with Crippen LogP contribution in [0.4, 0.5) is 4.79 Å². The summed E-state index contributed by atoms with van der Waals surface area (Å²) in [4.78, 5) is 22.3. The van der Waals surface area contributed by atoms with Crippen LogP contribution in [-0.4, -0.2) is 41.7 Å². The van der Waals surface area contributed by atoms with Crippen molar-refractivity contribution in [3.8, 4) is 12.3 Å². The molecule has 0 heterocycles. The van der Waals surface area contributed by atoms with Crippen molar-refractivity contribution in [3.63, 3.8) is 0 Å². The second-order valence-electron chi connectivity index (χ2n) is 4.08. The van der Waals surface area contributed by atoms with Gasteiger partial charge in [-0.3, -0.25) is 4.79 Å². The minimum atomic E-state index is -0.894. The van der Waals surface area contributed by atoms with E-state index >= 15 is 0 Å². The summed E-state index contributed by atoms with van der Waals surface area (Å²) in [5.74, 6) is 2.38. The molecule has 0 aromatic rings. The molecule has 0 saturated heterocycles. The van der Waals surface area contributed by atoms with Gasteiger partial charge in [0.15, 0.2) is 0 Å². The van der Waals surface area contributed by atoms with E-state index in [0.29, 0.717) is 12.3 Å². The largest absolute Gasteiger partial charge is 0.481 e. The lowest BCUT2D eigenvalue weighted by Crippen LogP contribution is -2.41. The summed E-state index contributed by atoms with van der Waals surface area (Å²) in [6.45, 7) is 4.28. The lowest BCUT2D eigenvalue weighted by atomic mass is 9.96. The molecule has 102 valence electrons. The van der Waals surface area contributed by atoms with Gasteiger partial charge in [0.25, 0.3) is 0 Å². The Morgan fingerprint density at radius 1 is 1.39 bits per heavy atom. The maximum absolute atomic E-state index is 11.4. The van der Waals surface area contributed by atoms with Crippen LogP contribution in [0.1, 0.15) is 13.8 Å². The molecule has 0 aliphatic heterocycles. The molecule has 0 saturated carbocycles. The van der Waals surface area contributed by atoms with Crippen LogP contribution in [0.15, 0.2) is 0 Å². The molecule has 3 N–H and O–H groups in total. The van der Waals surface area contributed by atoms with Crippen molar-refractivity contribution in [2.75, 3.05) is 24.6 Å². The van der Waals surface area contributed by atoms with Crippen LogP contribution in [0.5, 0.6) is 0 Å². The van der Waals surface area contributed by atoms with Gasteiger partial charge in [0.2, 0.25) is 0 Å². The minimum Gasteiger partial charge on any atom is -0.481 e. The first-order valence-electron chi connectivity index (χ1n) is 5.74. The van der Waals surface area contributed by atoms with E-state index in [2.05, 4.69) is 16.6 Å². The van der Waals surface area contributed by atoms with Gasteiger partial charge < -0.3 is 15.7 Å². The number of urea groups is 1. The second kappa shape index (κ2) is 9.66. The van der Waals surface area contributed by atoms with E-state index in [9.17, 15) is 9.59 Å². The normalized spacial score (nSPS) is 11.7. The van der Waals surface area contributed by atoms with Crippen LogP contribution in [-0.2, 0) is 4.79 Å². The number of rotatable bonds is 8. The van der Waals surface area contributed by atoms with E-state index in [1.54, 1.807) is 11.8 Å². The minimum absolute atomic E-state index is 0.0195. The zero-order valence-corrected chi connectivity index (χ0v) is 11.5. The third-order valence-electron chi connectivity index (χ3n) is 2.32. The van der Waals surface area contributed by atoms with Gasteiger partial charge in [0.05, 0.1) is 11.7 Å². The van der Waals surface area contributed by atoms with Crippen molar-refractivity contribution < 1.29 is 14.7 Å². The number of hydrogen-bond donors (Lipinski definition) is 3. The summed E-state index contributed by atoms with van der Waals surface area (Å²) in [5.41, 5.74) is 0. The predicted molar refractivity (Wildman–Crippen MR) is 73.5 cm³/mol. The average Bonchev–Trinajstić information content (AvgIpc) is 2.28. The van der Waals surface area contributed by atoms with Crippen molar-refractivity contribution in [3.05, 3.63) is 0 Å². The lowest BCUT2D eigenvalue weighted by molar-refractivity contribution is -0.142. The maximum Gasteiger partial charge on any atom is 0.314 e. The third-order valence-corrected chi connectivity index (χ3v) is 3.19. The van der Waals surface area contributed by atoms with Gasteiger partial charge in [-0.1, -0.05) is 19.8 Å². The molecule has 2 amide bonds. The molecular weight excluding hydrogens is 252 g/mol. The lowest BCUT2D eigenvalue weighted by Gasteiger charge is -2.16. The number of aliphatic carboxylic acids is 1. The molecular formula is C12H20N2O3S. The first-order chi connectivity index (χ1) is 8.49. The van der Waals surface area contributed by atoms with Crippen LogP contribution in [0.2, 0.25) is 0 Å². The Labute approximate surface area is 112 Å². The average molecular weight is 272 g/mol. The number of carboxylic acids is 1. The Morgan fingerprint density at radius 2 is 2.06 bits per heavy atom. The second-order valence-corrected chi connectivity index (χ2v) is 5.19. The monoisotopic (exact) mass is 272 g/mol. The maximum atomic E-state index is 11.4. The van der Waals surface area contributed by atoms with E-state index in [4.69, 9.17) is 11.5 Å². The highest BCUT2D eigenvalue weighted by Gasteiger charge is 2.21. The van der Waals surface area contributed by atoms with Gasteiger partial charge in [-0.15, -0.1) is 18.2 Å². The Kier molecular flexibility index (Phi) is 8.93. The number of amides is 2. The van der Waals surface area contributed by atoms with E-state index < -0.39 is 11.9 Å². The molecule has 0 rings (SSSR count). The van der Waals surface area contributed by atoms with Crippen molar-refractivity contribution in [2.24, 2.45) is 11.8 Å². The molecule has 1 unspecified atom stereocenters. The number of carbonyl (C=O) groups is 2. The highest BCUT2D eigenvalue weighted by molar-refractivity contribution is 7.99. The highest BCUT2D eigenvalue weighted by atomic mass is 32.2. The molecule has 0 aromatic heterocycles. The summed E-state index contributed by atoms with van der Waals surface area (Å²) in [7, 11) is 0. The van der Waals surface area contributed by atoms with Crippen molar-refractivity contribution in [1.29, 1.82) is 0 Å². The fourth-order valence-corrected chi connectivity index (χ4v) is 1.75. The number of hydrogen-bond acceptors (Lipinski definition) is 3. The van der Waals surface area contributed by atoms with Gasteiger partial charge >= 0.3 is 12.0 Å². The molecule has 0 aliphatic rings. The van der Waals surface area contributed by atoms with Gasteiger partial charge in [-0.25, -0.2) is 4.79 Å². The first kappa shape index (κ1) is 16.6. The first-order valence-corrected chi connectivity index (χ1v) is 6.90. The summed E-state index contributed by atoms with van der Waals surface area (Å²) in [5, 5.41) is 14.1. The van der Waals surface area contributed by atoms with Crippen LogP contribution < -0.4 is 10.6 Å². The van der Waals surface area contributed by atoms with Crippen molar-refractivity contribution >= 4 is 23.8 Å². The van der Waals surface area contributed by atoms with Crippen LogP contribution in [0.25, 0.3) is 0 Å². The zero-order valence-electron chi connectivity index (χ0n) is 10.7. The Morgan fingerprint density at radius 3 is 2.56 bits per heavy atom. The van der Waals surface area contributed by atoms with Gasteiger partial charge in [-0.05, 0) is 5.92 Å². The summed E-state index contributed by atoms with van der Waals surface area (Å²) in [6.07, 6.45) is 5.08. The molecule has 0 aromatic carbocycles. The highest BCUT2D eigenvalue weighted by Crippen LogP contribution is 2.09. The van der Waals surface area contributed by atoms with Crippen molar-refractivity contribution in [1.82, 2.24) is 10.6 Å². The standard InChI is InChI=1S/C12H20N2O3S/c1-4-6-18-7-5-13-12(17)14-8-10(9(2)3)11(15)16/h1,9-10H,5-8H2,2-3H3,(H,15,16)(H2,13,14,17). The summed E-state index contributed by atoms with van der Waals surface area (Å²) < 4.78 is 0. The zero-order chi connectivity index (χ0) is 14.0. The van der Waals surface area contributed by atoms with Gasteiger partial charge in [0, 0.05) is 18.8 Å². The Hall–Kier alpha value is -1.35. The number of thioether (sulfide) groups is 1. The SMILES string of the molecule is C#CCSCCNC(=O)NCC(C(=O)O)C(C)C. The molecule has 18 heavy (non-hydrogen) atoms. The van der Waals surface area contributed by atoms with E-state index in [1.165, 1.54) is 0 Å². The van der Waals surface area contributed by atoms with Gasteiger partial charge in [0.1, 0.15) is 0 Å². The van der Waals surface area contributed by atoms with Crippen molar-refractivity contribution in [2.45, 2.75) is 13.8 Å². The molecule has 0 aliphatic carbocycles. The molecule has 6 heteroatoms. The summed E-state index contributed by atoms with van der Waals surface area (Å²) in [6, 6.07) is -0.344. The van der Waals surface area contributed by atoms with Crippen LogP contribution in [0, 0.1) is 24.2 Å². The van der Waals surface area contributed by atoms with E-state index in [0.717, 1.165) is 5.75 Å². The Balaban J connectivity index is 3.75. The predicted octanol–water partition coefficient (Wildman–Crippen LogP) is 1.01. The number of carbonyl (C=O) groups excluding carboxylic acids is 1. The molecule has 1 atom stereocenters. The van der Waals surface area contributed by atoms with Gasteiger partial charge in [-0.2, -0.15) is 0 Å². The fraction of sp³-hybridized carbons (Fsp3) is 0.667. The summed E-state index contributed by atoms with van der Waals surface area (Å²) >= 11 is 1.56. The van der Waals surface area contributed by atoms with E-state index in [-0.39, 0.29) is 18.5 Å². The number of nitrogens with one attached hydrogen (secondary N) is 2. The quantitative estimate of drug-likeness (QED) is 0.455. The molecule has 0 spiro atoms. The number of carboxylic acid groups (broad SMARTS) is 1.